The van der Waals surface area contributed by atoms with Crippen molar-refractivity contribution in [2.45, 2.75) is 50.9 Å². The van der Waals surface area contributed by atoms with Crippen LogP contribution in [-0.2, 0) is 9.53 Å². The first kappa shape index (κ1) is 15.3. The Kier molecular flexibility index (Phi) is 3.63. The van der Waals surface area contributed by atoms with Crippen molar-refractivity contribution in [3.63, 3.8) is 0 Å². The molecule has 1 aliphatic rings. The van der Waals surface area contributed by atoms with E-state index in [2.05, 4.69) is 21.2 Å². The van der Waals surface area contributed by atoms with Crippen LogP contribution in [0.15, 0.2) is 28.7 Å². The van der Waals surface area contributed by atoms with Gasteiger partial charge >= 0.3 is 5.97 Å². The first-order chi connectivity index (χ1) is 9.10. The molecule has 4 nitrogen and oxygen atoms in total. The van der Waals surface area contributed by atoms with Crippen LogP contribution in [0, 0.1) is 0 Å². The average Bonchev–Trinajstić information content (AvgIpc) is 2.47. The second-order valence-corrected chi connectivity index (χ2v) is 7.22. The minimum Gasteiger partial charge on any atom is -0.479 e. The van der Waals surface area contributed by atoms with E-state index in [4.69, 9.17) is 4.74 Å². The fourth-order valence-electron chi connectivity index (χ4n) is 3.04. The summed E-state index contributed by atoms with van der Waals surface area (Å²) in [4.78, 5) is 12.0. The summed E-state index contributed by atoms with van der Waals surface area (Å²) in [5.41, 5.74) is -1.72. The summed E-state index contributed by atoms with van der Waals surface area (Å²) in [6.45, 7) is 7.47. The first-order valence-electron chi connectivity index (χ1n) is 6.56. The standard InChI is InChI=1S/C15H20BrNO3/c1-13(2)9-15(12(18)19,14(3,4)20-13)17-11-8-6-5-7-10(11)16/h5-8,17H,9H2,1-4H3,(H,18,19). The zero-order chi connectivity index (χ0) is 15.2. The van der Waals surface area contributed by atoms with Crippen LogP contribution >= 0.6 is 15.9 Å². The molecule has 5 heteroatoms. The number of carboxylic acid groups (broad SMARTS) is 1. The molecule has 1 heterocycles. The van der Waals surface area contributed by atoms with Gasteiger partial charge in [0.05, 0.1) is 11.2 Å². The predicted octanol–water partition coefficient (Wildman–Crippen LogP) is 3.66. The highest BCUT2D eigenvalue weighted by Gasteiger charge is 2.62. The smallest absolute Gasteiger partial charge is 0.332 e. The van der Waals surface area contributed by atoms with Crippen LogP contribution in [0.25, 0.3) is 0 Å². The van der Waals surface area contributed by atoms with Gasteiger partial charge in [0.1, 0.15) is 0 Å². The lowest BCUT2D eigenvalue weighted by atomic mass is 9.78. The molecule has 1 aromatic rings. The summed E-state index contributed by atoms with van der Waals surface area (Å²) in [7, 11) is 0. The van der Waals surface area contributed by atoms with Crippen molar-refractivity contribution >= 4 is 27.6 Å². The number of anilines is 1. The van der Waals surface area contributed by atoms with E-state index in [1.807, 2.05) is 52.0 Å². The molecule has 2 N–H and O–H groups in total. The molecule has 1 saturated heterocycles. The normalized spacial score (nSPS) is 27.2. The number of ether oxygens (including phenoxy) is 1. The molecule has 1 fully saturated rings. The molecular formula is C15H20BrNO3. The molecule has 1 aliphatic heterocycles. The van der Waals surface area contributed by atoms with Crippen molar-refractivity contribution in [2.24, 2.45) is 0 Å². The minimum atomic E-state index is -1.17. The Morgan fingerprint density at radius 3 is 2.35 bits per heavy atom. The number of nitrogens with one attached hydrogen (secondary N) is 1. The maximum Gasteiger partial charge on any atom is 0.332 e. The van der Waals surface area contributed by atoms with E-state index in [0.717, 1.165) is 10.2 Å². The minimum absolute atomic E-state index is 0.393. The summed E-state index contributed by atoms with van der Waals surface area (Å²) in [5, 5.41) is 13.0. The summed E-state index contributed by atoms with van der Waals surface area (Å²) < 4.78 is 6.80. The highest BCUT2D eigenvalue weighted by molar-refractivity contribution is 9.10. The number of rotatable bonds is 3. The van der Waals surface area contributed by atoms with E-state index in [-0.39, 0.29) is 0 Å². The molecule has 0 amide bonds. The van der Waals surface area contributed by atoms with Gasteiger partial charge in [-0.1, -0.05) is 12.1 Å². The zero-order valence-corrected chi connectivity index (χ0v) is 13.7. The third-order valence-electron chi connectivity index (χ3n) is 3.84. The van der Waals surface area contributed by atoms with Crippen molar-refractivity contribution in [2.75, 3.05) is 5.32 Å². The monoisotopic (exact) mass is 341 g/mol. The summed E-state index contributed by atoms with van der Waals surface area (Å²) in [6, 6.07) is 7.50. The second-order valence-electron chi connectivity index (χ2n) is 6.36. The van der Waals surface area contributed by atoms with Gasteiger partial charge in [0, 0.05) is 16.6 Å². The largest absolute Gasteiger partial charge is 0.479 e. The fraction of sp³-hybridized carbons (Fsp3) is 0.533. The molecule has 20 heavy (non-hydrogen) atoms. The Hall–Kier alpha value is -1.07. The molecule has 2 rings (SSSR count). The van der Waals surface area contributed by atoms with E-state index in [1.165, 1.54) is 0 Å². The van der Waals surface area contributed by atoms with Crippen molar-refractivity contribution in [1.82, 2.24) is 0 Å². The van der Waals surface area contributed by atoms with Crippen LogP contribution in [0.5, 0.6) is 0 Å². The van der Waals surface area contributed by atoms with Crippen molar-refractivity contribution in [3.8, 4) is 0 Å². The topological polar surface area (TPSA) is 58.6 Å². The number of hydrogen-bond donors (Lipinski definition) is 2. The molecule has 1 unspecified atom stereocenters. The van der Waals surface area contributed by atoms with Crippen LogP contribution < -0.4 is 5.32 Å². The Labute approximate surface area is 127 Å². The van der Waals surface area contributed by atoms with Gasteiger partial charge in [0.25, 0.3) is 0 Å². The molecule has 0 spiro atoms. The molecule has 1 aromatic carbocycles. The average molecular weight is 342 g/mol. The number of aliphatic carboxylic acids is 1. The van der Waals surface area contributed by atoms with Crippen LogP contribution in [0.3, 0.4) is 0 Å². The van der Waals surface area contributed by atoms with E-state index >= 15 is 0 Å². The lowest BCUT2D eigenvalue weighted by Gasteiger charge is -2.37. The molecule has 0 aliphatic carbocycles. The van der Waals surface area contributed by atoms with Gasteiger partial charge in [-0.15, -0.1) is 0 Å². The Morgan fingerprint density at radius 2 is 1.90 bits per heavy atom. The van der Waals surface area contributed by atoms with Crippen LogP contribution in [-0.4, -0.2) is 27.8 Å². The maximum absolute atomic E-state index is 12.0. The number of benzene rings is 1. The summed E-state index contributed by atoms with van der Waals surface area (Å²) >= 11 is 3.45. The lowest BCUT2D eigenvalue weighted by Crippen LogP contribution is -2.58. The number of para-hydroxylation sites is 1. The van der Waals surface area contributed by atoms with Gasteiger partial charge in [-0.2, -0.15) is 0 Å². The van der Waals surface area contributed by atoms with Gasteiger partial charge in [-0.05, 0) is 55.8 Å². The number of carbonyl (C=O) groups is 1. The van der Waals surface area contributed by atoms with Gasteiger partial charge in [-0.25, -0.2) is 4.79 Å². The van der Waals surface area contributed by atoms with E-state index in [0.29, 0.717) is 6.42 Å². The van der Waals surface area contributed by atoms with Gasteiger partial charge in [-0.3, -0.25) is 0 Å². The quantitative estimate of drug-likeness (QED) is 0.880. The molecule has 110 valence electrons. The third-order valence-corrected chi connectivity index (χ3v) is 4.53. The first-order valence-corrected chi connectivity index (χ1v) is 7.35. The number of halogens is 1. The van der Waals surface area contributed by atoms with E-state index in [1.54, 1.807) is 0 Å². The molecule has 0 saturated carbocycles. The third kappa shape index (κ3) is 2.44. The van der Waals surface area contributed by atoms with Gasteiger partial charge in [0.2, 0.25) is 0 Å². The summed E-state index contributed by atoms with van der Waals surface area (Å²) in [6.07, 6.45) is 0.393. The lowest BCUT2D eigenvalue weighted by molar-refractivity contribution is -0.149. The van der Waals surface area contributed by atoms with Crippen LogP contribution in [0.1, 0.15) is 34.1 Å². The van der Waals surface area contributed by atoms with Crippen LogP contribution in [0.4, 0.5) is 5.69 Å². The van der Waals surface area contributed by atoms with Gasteiger partial charge < -0.3 is 15.2 Å². The van der Waals surface area contributed by atoms with Gasteiger partial charge in [0.15, 0.2) is 5.54 Å². The van der Waals surface area contributed by atoms with Crippen molar-refractivity contribution < 1.29 is 14.6 Å². The second kappa shape index (κ2) is 4.74. The number of hydrogen-bond acceptors (Lipinski definition) is 3. The molecular weight excluding hydrogens is 322 g/mol. The Balaban J connectivity index is 2.47. The molecule has 0 bridgehead atoms. The summed E-state index contributed by atoms with van der Waals surface area (Å²) in [5.74, 6) is -0.899. The zero-order valence-electron chi connectivity index (χ0n) is 12.2. The molecule has 0 aromatic heterocycles. The predicted molar refractivity (Wildman–Crippen MR) is 82.0 cm³/mol. The van der Waals surface area contributed by atoms with Crippen molar-refractivity contribution in [3.05, 3.63) is 28.7 Å². The molecule has 0 radical (unpaired) electrons. The fourth-order valence-corrected chi connectivity index (χ4v) is 3.42. The van der Waals surface area contributed by atoms with E-state index in [9.17, 15) is 9.90 Å². The highest BCUT2D eigenvalue weighted by Crippen LogP contribution is 2.47. The van der Waals surface area contributed by atoms with Crippen LogP contribution in [0.2, 0.25) is 0 Å². The van der Waals surface area contributed by atoms with E-state index < -0.39 is 22.7 Å². The maximum atomic E-state index is 12.0. The SMILES string of the molecule is CC1(C)CC(Nc2ccccc2Br)(C(=O)O)C(C)(C)O1. The highest BCUT2D eigenvalue weighted by atomic mass is 79.9. The number of carboxylic acids is 1. The Morgan fingerprint density at radius 1 is 1.30 bits per heavy atom. The Bertz CT molecular complexity index is 542. The molecule has 1 atom stereocenters. The van der Waals surface area contributed by atoms with Crippen molar-refractivity contribution in [1.29, 1.82) is 0 Å².